The largest absolute Gasteiger partial charge is 0.448 e. The quantitative estimate of drug-likeness (QED) is 0.215. The average Bonchev–Trinajstić information content (AvgIpc) is 3.42. The molecule has 7 nitrogen and oxygen atoms in total. The molecule has 5 rings (SSSR count). The molecule has 0 saturated heterocycles. The van der Waals surface area contributed by atoms with Crippen LogP contribution in [0.15, 0.2) is 83.0 Å². The molecule has 0 aliphatic rings. The minimum atomic E-state index is -1.09. The lowest BCUT2D eigenvalue weighted by molar-refractivity contribution is -0.124. The first-order valence-corrected chi connectivity index (χ1v) is 13.9. The summed E-state index contributed by atoms with van der Waals surface area (Å²) in [6, 6.07) is 22.1. The van der Waals surface area contributed by atoms with Gasteiger partial charge in [0.1, 0.15) is 5.69 Å². The number of hydrogen-bond donors (Lipinski definition) is 1. The van der Waals surface area contributed by atoms with Crippen LogP contribution in [0.5, 0.6) is 0 Å². The van der Waals surface area contributed by atoms with Crippen molar-refractivity contribution < 1.29 is 14.3 Å². The SMILES string of the molecule is CCC(OC(=O)c1c(-c2ccc(C)cc2)c2ccccc2c(=O)n1C)C(=O)Nc1nc(-c2ccc(Cl)cc2)cs1. The predicted octanol–water partition coefficient (Wildman–Crippen LogP) is 6.86. The van der Waals surface area contributed by atoms with Crippen LogP contribution in [0.25, 0.3) is 33.2 Å². The molecule has 0 radical (unpaired) electrons. The number of carbonyl (C=O) groups excluding carboxylic acids is 2. The lowest BCUT2D eigenvalue weighted by Gasteiger charge is -2.20. The predicted molar refractivity (Wildman–Crippen MR) is 160 cm³/mol. The number of benzene rings is 3. The molecule has 1 N–H and O–H groups in total. The Balaban J connectivity index is 1.45. The molecule has 40 heavy (non-hydrogen) atoms. The van der Waals surface area contributed by atoms with Gasteiger partial charge in [0.25, 0.3) is 11.5 Å². The first kappa shape index (κ1) is 27.3. The van der Waals surface area contributed by atoms with E-state index in [-0.39, 0.29) is 17.7 Å². The van der Waals surface area contributed by atoms with Gasteiger partial charge in [0, 0.05) is 34.0 Å². The molecule has 0 bridgehead atoms. The molecule has 202 valence electrons. The van der Waals surface area contributed by atoms with E-state index in [2.05, 4.69) is 10.3 Å². The number of halogens is 1. The minimum Gasteiger partial charge on any atom is -0.448 e. The fourth-order valence-electron chi connectivity index (χ4n) is 4.49. The molecule has 9 heteroatoms. The topological polar surface area (TPSA) is 90.3 Å². The third kappa shape index (κ3) is 5.41. The van der Waals surface area contributed by atoms with Crippen LogP contribution in [-0.4, -0.2) is 27.5 Å². The smallest absolute Gasteiger partial charge is 0.356 e. The van der Waals surface area contributed by atoms with Crippen LogP contribution in [0.3, 0.4) is 0 Å². The van der Waals surface area contributed by atoms with Crippen molar-refractivity contribution in [2.45, 2.75) is 26.4 Å². The third-order valence-electron chi connectivity index (χ3n) is 6.62. The van der Waals surface area contributed by atoms with Gasteiger partial charge in [-0.2, -0.15) is 0 Å². The van der Waals surface area contributed by atoms with Crippen LogP contribution < -0.4 is 10.9 Å². The summed E-state index contributed by atoms with van der Waals surface area (Å²) in [7, 11) is 1.54. The number of esters is 1. The molecule has 5 aromatic rings. The summed E-state index contributed by atoms with van der Waals surface area (Å²) in [5.74, 6) is -1.26. The second-order valence-corrected chi connectivity index (χ2v) is 10.6. The Morgan fingerprint density at radius 2 is 1.65 bits per heavy atom. The highest BCUT2D eigenvalue weighted by atomic mass is 35.5. The number of thiazole rings is 1. The fourth-order valence-corrected chi connectivity index (χ4v) is 5.34. The number of amides is 1. The maximum atomic E-state index is 13.7. The maximum absolute atomic E-state index is 13.7. The average molecular weight is 572 g/mol. The molecule has 1 atom stereocenters. The van der Waals surface area contributed by atoms with Crippen molar-refractivity contribution in [3.63, 3.8) is 0 Å². The zero-order valence-corrected chi connectivity index (χ0v) is 23.7. The number of carbonyl (C=O) groups is 2. The highest BCUT2D eigenvalue weighted by Gasteiger charge is 2.28. The molecule has 0 fully saturated rings. The number of nitrogens with one attached hydrogen (secondary N) is 1. The van der Waals surface area contributed by atoms with Gasteiger partial charge in [-0.1, -0.05) is 78.7 Å². The van der Waals surface area contributed by atoms with E-state index in [4.69, 9.17) is 16.3 Å². The van der Waals surface area contributed by atoms with Crippen molar-refractivity contribution >= 4 is 50.7 Å². The van der Waals surface area contributed by atoms with Crippen molar-refractivity contribution in [3.8, 4) is 22.4 Å². The first-order valence-electron chi connectivity index (χ1n) is 12.7. The van der Waals surface area contributed by atoms with Crippen LogP contribution in [0, 0.1) is 6.92 Å². The van der Waals surface area contributed by atoms with E-state index in [1.807, 2.05) is 60.8 Å². The summed E-state index contributed by atoms with van der Waals surface area (Å²) in [5, 5.41) is 6.70. The monoisotopic (exact) mass is 571 g/mol. The third-order valence-corrected chi connectivity index (χ3v) is 7.63. The van der Waals surface area contributed by atoms with Gasteiger partial charge in [-0.15, -0.1) is 11.3 Å². The number of pyridine rings is 1. The van der Waals surface area contributed by atoms with Crippen molar-refractivity contribution in [2.24, 2.45) is 7.05 Å². The molecule has 1 unspecified atom stereocenters. The molecule has 3 aromatic carbocycles. The molecule has 0 saturated carbocycles. The zero-order chi connectivity index (χ0) is 28.4. The summed E-state index contributed by atoms with van der Waals surface area (Å²) < 4.78 is 7.04. The summed E-state index contributed by atoms with van der Waals surface area (Å²) in [6.07, 6.45) is -0.864. The van der Waals surface area contributed by atoms with Crippen LogP contribution in [-0.2, 0) is 16.6 Å². The highest BCUT2D eigenvalue weighted by molar-refractivity contribution is 7.14. The van der Waals surface area contributed by atoms with Gasteiger partial charge < -0.3 is 9.30 Å². The Morgan fingerprint density at radius 3 is 2.33 bits per heavy atom. The molecular formula is C31H26ClN3O4S. The van der Waals surface area contributed by atoms with Gasteiger partial charge >= 0.3 is 5.97 Å². The lowest BCUT2D eigenvalue weighted by Crippen LogP contribution is -2.34. The Labute approximate surface area is 240 Å². The maximum Gasteiger partial charge on any atom is 0.356 e. The van der Waals surface area contributed by atoms with Crippen molar-refractivity contribution in [2.75, 3.05) is 5.32 Å². The Hall–Kier alpha value is -4.27. The van der Waals surface area contributed by atoms with Gasteiger partial charge in [0.2, 0.25) is 0 Å². The van der Waals surface area contributed by atoms with E-state index >= 15 is 0 Å². The van der Waals surface area contributed by atoms with E-state index in [1.54, 1.807) is 31.2 Å². The second kappa shape index (κ2) is 11.5. The summed E-state index contributed by atoms with van der Waals surface area (Å²) >= 11 is 7.24. The molecule has 0 aliphatic carbocycles. The minimum absolute atomic E-state index is 0.0816. The van der Waals surface area contributed by atoms with Gasteiger partial charge in [0.05, 0.1) is 5.69 Å². The highest BCUT2D eigenvalue weighted by Crippen LogP contribution is 2.32. The van der Waals surface area contributed by atoms with E-state index in [0.717, 1.165) is 16.7 Å². The number of aryl methyl sites for hydroxylation is 1. The summed E-state index contributed by atoms with van der Waals surface area (Å²) in [6.45, 7) is 3.72. The lowest BCUT2D eigenvalue weighted by atomic mass is 9.96. The van der Waals surface area contributed by atoms with Crippen LogP contribution in [0.1, 0.15) is 29.4 Å². The summed E-state index contributed by atoms with van der Waals surface area (Å²) in [4.78, 5) is 44.5. The number of anilines is 1. The molecule has 2 aromatic heterocycles. The van der Waals surface area contributed by atoms with Gasteiger partial charge in [-0.05, 0) is 42.5 Å². The number of ether oxygens (including phenoxy) is 1. The number of rotatable bonds is 7. The van der Waals surface area contributed by atoms with E-state index in [0.29, 0.717) is 32.2 Å². The van der Waals surface area contributed by atoms with E-state index in [9.17, 15) is 14.4 Å². The Morgan fingerprint density at radius 1 is 1.00 bits per heavy atom. The Kier molecular flexibility index (Phi) is 7.82. The second-order valence-electron chi connectivity index (χ2n) is 9.34. The van der Waals surface area contributed by atoms with Crippen molar-refractivity contribution in [3.05, 3.63) is 105 Å². The van der Waals surface area contributed by atoms with E-state index < -0.39 is 18.0 Å². The van der Waals surface area contributed by atoms with Gasteiger partial charge in [-0.25, -0.2) is 9.78 Å². The van der Waals surface area contributed by atoms with Crippen molar-refractivity contribution in [1.82, 2.24) is 9.55 Å². The van der Waals surface area contributed by atoms with Crippen molar-refractivity contribution in [1.29, 1.82) is 0 Å². The van der Waals surface area contributed by atoms with Gasteiger partial charge in [-0.3, -0.25) is 14.9 Å². The molecular weight excluding hydrogens is 546 g/mol. The normalized spacial score (nSPS) is 11.8. The summed E-state index contributed by atoms with van der Waals surface area (Å²) in [5.41, 5.74) is 3.71. The number of nitrogens with zero attached hydrogens (tertiary/aromatic N) is 2. The Bertz CT molecular complexity index is 1780. The molecule has 0 spiro atoms. The zero-order valence-electron chi connectivity index (χ0n) is 22.1. The number of hydrogen-bond acceptors (Lipinski definition) is 6. The fraction of sp³-hybridized carbons (Fsp3) is 0.161. The number of aromatic nitrogens is 2. The molecule has 1 amide bonds. The molecule has 2 heterocycles. The van der Waals surface area contributed by atoms with E-state index in [1.165, 1.54) is 23.0 Å². The number of fused-ring (bicyclic) bond motifs is 1. The standard InChI is InChI=1S/C31H26ClN3O4S/c1-4-25(28(36)34-31-33-24(17-40-31)19-13-15-21(32)16-14-19)39-30(38)27-26(20-11-9-18(2)10-12-20)22-7-5-6-8-23(22)29(37)35(27)3/h5-17,25H,4H2,1-3H3,(H,33,34,36). The van der Waals surface area contributed by atoms with Crippen LogP contribution >= 0.6 is 22.9 Å². The molecule has 0 aliphatic heterocycles. The van der Waals surface area contributed by atoms with Gasteiger partial charge in [0.15, 0.2) is 11.2 Å². The van der Waals surface area contributed by atoms with Crippen LogP contribution in [0.4, 0.5) is 5.13 Å². The first-order chi connectivity index (χ1) is 19.3. The van der Waals surface area contributed by atoms with Crippen LogP contribution in [0.2, 0.25) is 5.02 Å².